The molecule has 0 spiro atoms. The molecule has 18 heteroatoms. The number of hydrogen-bond donors (Lipinski definition) is 10. The highest BCUT2D eigenvalue weighted by atomic mass is 16.4. The molecule has 0 heterocycles. The van der Waals surface area contributed by atoms with Crippen LogP contribution in [0.3, 0.4) is 0 Å². The number of aliphatic carboxylic acids is 2. The molecule has 0 unspecified atom stereocenters. The quantitative estimate of drug-likeness (QED) is 0.0465. The van der Waals surface area contributed by atoms with Gasteiger partial charge in [0.15, 0.2) is 5.96 Å². The van der Waals surface area contributed by atoms with E-state index in [9.17, 15) is 38.7 Å². The van der Waals surface area contributed by atoms with Crippen molar-refractivity contribution in [3.05, 3.63) is 0 Å². The number of carboxylic acids is 2. The topological polar surface area (TPSA) is 311 Å². The van der Waals surface area contributed by atoms with Gasteiger partial charge in [0.2, 0.25) is 29.5 Å². The molecule has 0 bridgehead atoms. The summed E-state index contributed by atoms with van der Waals surface area (Å²) in [7, 11) is 0. The molecule has 0 saturated heterocycles. The Morgan fingerprint density at radius 2 is 1.34 bits per heavy atom. The number of carboxylic acid groups (broad SMARTS) is 2. The van der Waals surface area contributed by atoms with Crippen molar-refractivity contribution >= 4 is 47.4 Å². The molecule has 0 aliphatic carbocycles. The van der Waals surface area contributed by atoms with Crippen molar-refractivity contribution in [1.82, 2.24) is 26.6 Å². The molecule has 0 radical (unpaired) electrons. The van der Waals surface area contributed by atoms with Gasteiger partial charge in [-0.25, -0.2) is 4.79 Å². The van der Waals surface area contributed by atoms with Crippen LogP contribution in [0.1, 0.15) is 33.1 Å². The van der Waals surface area contributed by atoms with Crippen molar-refractivity contribution in [2.45, 2.75) is 57.3 Å². The highest BCUT2D eigenvalue weighted by Crippen LogP contribution is 2.02. The number of guanidine groups is 1. The van der Waals surface area contributed by atoms with Crippen molar-refractivity contribution in [3.8, 4) is 0 Å². The van der Waals surface area contributed by atoms with Crippen LogP contribution in [0.4, 0.5) is 0 Å². The van der Waals surface area contributed by atoms with E-state index in [1.54, 1.807) is 0 Å². The van der Waals surface area contributed by atoms with E-state index >= 15 is 0 Å². The Morgan fingerprint density at radius 1 is 0.789 bits per heavy atom. The van der Waals surface area contributed by atoms with Gasteiger partial charge in [0.05, 0.1) is 19.5 Å². The molecule has 38 heavy (non-hydrogen) atoms. The van der Waals surface area contributed by atoms with Crippen molar-refractivity contribution in [1.29, 1.82) is 0 Å². The van der Waals surface area contributed by atoms with E-state index < -0.39 is 78.6 Å². The van der Waals surface area contributed by atoms with E-state index in [1.165, 1.54) is 13.8 Å². The van der Waals surface area contributed by atoms with E-state index in [2.05, 4.69) is 31.6 Å². The summed E-state index contributed by atoms with van der Waals surface area (Å²) in [5, 5.41) is 29.5. The first-order valence-corrected chi connectivity index (χ1v) is 11.3. The first-order chi connectivity index (χ1) is 17.7. The molecule has 5 amide bonds. The van der Waals surface area contributed by atoms with Crippen LogP contribution in [-0.2, 0) is 33.6 Å². The Balaban J connectivity index is 5.00. The van der Waals surface area contributed by atoms with Gasteiger partial charge < -0.3 is 54.0 Å². The number of aliphatic imine (C=N–C) groups is 1. The van der Waals surface area contributed by atoms with Gasteiger partial charge in [-0.15, -0.1) is 0 Å². The Hall–Kier alpha value is -4.48. The fraction of sp³-hybridized carbons (Fsp3) is 0.600. The second kappa shape index (κ2) is 17.1. The minimum absolute atomic E-state index is 0.0850. The minimum Gasteiger partial charge on any atom is -0.481 e. The predicted octanol–water partition coefficient (Wildman–Crippen LogP) is -5.35. The third-order valence-corrected chi connectivity index (χ3v) is 4.72. The summed E-state index contributed by atoms with van der Waals surface area (Å²) in [6, 6.07) is -5.32. The molecule has 0 aliphatic heterocycles. The second-order valence-corrected chi connectivity index (χ2v) is 8.01. The highest BCUT2D eigenvalue weighted by Gasteiger charge is 2.29. The van der Waals surface area contributed by atoms with E-state index in [0.29, 0.717) is 0 Å². The van der Waals surface area contributed by atoms with Crippen molar-refractivity contribution < 1.29 is 43.8 Å². The van der Waals surface area contributed by atoms with Crippen LogP contribution < -0.4 is 43.8 Å². The second-order valence-electron chi connectivity index (χ2n) is 8.01. The van der Waals surface area contributed by atoms with Crippen LogP contribution in [-0.4, -0.2) is 101 Å². The largest absolute Gasteiger partial charge is 0.481 e. The normalized spacial score (nSPS) is 13.4. The molecule has 0 aromatic carbocycles. The zero-order chi connectivity index (χ0) is 29.4. The smallest absolute Gasteiger partial charge is 0.326 e. The van der Waals surface area contributed by atoms with Crippen LogP contribution >= 0.6 is 0 Å². The molecule has 214 valence electrons. The number of carbonyl (C=O) groups excluding carboxylic acids is 5. The molecule has 0 rings (SSSR count). The van der Waals surface area contributed by atoms with Gasteiger partial charge in [0, 0.05) is 6.54 Å². The summed E-state index contributed by atoms with van der Waals surface area (Å²) in [4.78, 5) is 86.6. The SMILES string of the molecule is C[C@H](NC(=O)CN)C(=O)NCC(=O)N[C@@H](C)C(=O)N[C@@H](CC(=O)O)C(=O)N[C@@H](CCCN=C(N)N)C(=O)O. The molecule has 0 aromatic heterocycles. The first kappa shape index (κ1) is 33.5. The van der Waals surface area contributed by atoms with Crippen LogP contribution in [0, 0.1) is 0 Å². The summed E-state index contributed by atoms with van der Waals surface area (Å²) in [6.07, 6.45) is -0.776. The molecule has 4 atom stereocenters. The van der Waals surface area contributed by atoms with Gasteiger partial charge >= 0.3 is 11.9 Å². The van der Waals surface area contributed by atoms with E-state index in [0.717, 1.165) is 0 Å². The van der Waals surface area contributed by atoms with Crippen molar-refractivity contribution in [2.24, 2.45) is 22.2 Å². The summed E-state index contributed by atoms with van der Waals surface area (Å²) in [5.41, 5.74) is 15.5. The lowest BCUT2D eigenvalue weighted by Crippen LogP contribution is -2.56. The van der Waals surface area contributed by atoms with Crippen LogP contribution in [0.2, 0.25) is 0 Å². The lowest BCUT2D eigenvalue weighted by molar-refractivity contribution is -0.143. The molecular weight excluding hydrogens is 510 g/mol. The van der Waals surface area contributed by atoms with Gasteiger partial charge in [0.1, 0.15) is 24.2 Å². The summed E-state index contributed by atoms with van der Waals surface area (Å²) in [6.45, 7) is 1.80. The van der Waals surface area contributed by atoms with Gasteiger partial charge in [0.25, 0.3) is 0 Å². The van der Waals surface area contributed by atoms with Crippen LogP contribution in [0.5, 0.6) is 0 Å². The molecule has 0 aromatic rings. The lowest BCUT2D eigenvalue weighted by atomic mass is 10.1. The third-order valence-electron chi connectivity index (χ3n) is 4.72. The maximum atomic E-state index is 12.6. The average Bonchev–Trinajstić information content (AvgIpc) is 2.82. The minimum atomic E-state index is -1.66. The first-order valence-electron chi connectivity index (χ1n) is 11.3. The number of amides is 5. The summed E-state index contributed by atoms with van der Waals surface area (Å²) in [5.74, 6) is -7.15. The fourth-order valence-electron chi connectivity index (χ4n) is 2.76. The van der Waals surface area contributed by atoms with E-state index in [-0.39, 0.29) is 31.9 Å². The maximum absolute atomic E-state index is 12.6. The molecule has 13 N–H and O–H groups in total. The molecular formula is C20H35N9O9. The maximum Gasteiger partial charge on any atom is 0.326 e. The summed E-state index contributed by atoms with van der Waals surface area (Å²) >= 11 is 0. The number of nitrogens with one attached hydrogen (secondary N) is 5. The van der Waals surface area contributed by atoms with Gasteiger partial charge in [-0.05, 0) is 26.7 Å². The number of rotatable bonds is 17. The Morgan fingerprint density at radius 3 is 1.87 bits per heavy atom. The predicted molar refractivity (Wildman–Crippen MR) is 131 cm³/mol. The van der Waals surface area contributed by atoms with Crippen molar-refractivity contribution in [3.63, 3.8) is 0 Å². The van der Waals surface area contributed by atoms with Gasteiger partial charge in [-0.3, -0.25) is 33.8 Å². The Kier molecular flexibility index (Phi) is 15.0. The van der Waals surface area contributed by atoms with E-state index in [4.69, 9.17) is 22.3 Å². The highest BCUT2D eigenvalue weighted by molar-refractivity contribution is 5.96. The number of nitrogens with two attached hydrogens (primary N) is 3. The average molecular weight is 546 g/mol. The number of hydrogen-bond acceptors (Lipinski definition) is 9. The third kappa shape index (κ3) is 14.2. The van der Waals surface area contributed by atoms with Gasteiger partial charge in [-0.1, -0.05) is 0 Å². The Labute approximate surface area is 217 Å². The summed E-state index contributed by atoms with van der Waals surface area (Å²) < 4.78 is 0. The molecule has 0 aliphatic rings. The fourth-order valence-corrected chi connectivity index (χ4v) is 2.76. The molecule has 18 nitrogen and oxygen atoms in total. The van der Waals surface area contributed by atoms with E-state index in [1.807, 2.05) is 0 Å². The Bertz CT molecular complexity index is 922. The molecule has 0 saturated carbocycles. The van der Waals surface area contributed by atoms with Crippen LogP contribution in [0.15, 0.2) is 4.99 Å². The van der Waals surface area contributed by atoms with Gasteiger partial charge in [-0.2, -0.15) is 0 Å². The number of nitrogens with zero attached hydrogens (tertiary/aromatic N) is 1. The lowest BCUT2D eigenvalue weighted by Gasteiger charge is -2.22. The van der Waals surface area contributed by atoms with Crippen molar-refractivity contribution in [2.75, 3.05) is 19.6 Å². The zero-order valence-corrected chi connectivity index (χ0v) is 21.0. The van der Waals surface area contributed by atoms with Crippen LogP contribution in [0.25, 0.3) is 0 Å². The zero-order valence-electron chi connectivity index (χ0n) is 21.0. The monoisotopic (exact) mass is 545 g/mol. The molecule has 0 fully saturated rings. The standard InChI is InChI=1S/C20H35N9O9/c1-9(26-13(30)7-21)16(34)25-8-14(31)27-10(2)17(35)29-12(6-15(32)33)18(36)28-11(19(37)38)4-3-5-24-20(22)23/h9-12H,3-8,21H2,1-2H3,(H,25,34)(H,26,30)(H,27,31)(H,28,36)(H,29,35)(H,32,33)(H,37,38)(H4,22,23,24)/t9-,10-,11-,12-/m0/s1. The number of carbonyl (C=O) groups is 7.